The van der Waals surface area contributed by atoms with Crippen LogP contribution in [-0.4, -0.2) is 65.6 Å². The second-order valence-corrected chi connectivity index (χ2v) is 8.19. The molecule has 4 atom stereocenters. The molecule has 2 amide bonds. The van der Waals surface area contributed by atoms with Crippen molar-refractivity contribution in [1.29, 1.82) is 0 Å². The largest absolute Gasteiger partial charge is 0.484 e. The van der Waals surface area contributed by atoms with Crippen LogP contribution in [0.5, 0.6) is 5.75 Å². The maximum Gasteiger partial charge on any atom is 0.260 e. The molecule has 2 aliphatic rings. The van der Waals surface area contributed by atoms with Crippen LogP contribution >= 0.6 is 0 Å². The first-order valence-electron chi connectivity index (χ1n) is 10.3. The van der Waals surface area contributed by atoms with E-state index in [4.69, 9.17) is 9.47 Å². The molecule has 0 N–H and O–H groups in total. The zero-order valence-electron chi connectivity index (χ0n) is 17.4. The summed E-state index contributed by atoms with van der Waals surface area (Å²) in [7, 11) is 0. The molecule has 0 radical (unpaired) electrons. The Morgan fingerprint density at radius 1 is 1.04 bits per heavy atom. The lowest BCUT2D eigenvalue weighted by molar-refractivity contribution is -0.139. The molecule has 0 saturated carbocycles. The highest BCUT2D eigenvalue weighted by atomic mass is 16.5. The van der Waals surface area contributed by atoms with Gasteiger partial charge < -0.3 is 19.3 Å². The Hall–Kier alpha value is -2.08. The summed E-state index contributed by atoms with van der Waals surface area (Å²) >= 11 is 0. The Labute approximate surface area is 167 Å². The number of hydrogen-bond acceptors (Lipinski definition) is 4. The number of likely N-dealkylation sites (tertiary alicyclic amines) is 1. The SMILES string of the molecule is CC1CN(C(=O)c2ccc(OCC(=O)N3C(C)CCCC3C)cc2)C(C)CO1. The van der Waals surface area contributed by atoms with E-state index in [0.29, 0.717) is 24.5 Å². The average molecular weight is 389 g/mol. The minimum atomic E-state index is 0.00115. The minimum absolute atomic E-state index is 0.00115. The Morgan fingerprint density at radius 3 is 2.32 bits per heavy atom. The van der Waals surface area contributed by atoms with E-state index in [9.17, 15) is 9.59 Å². The fourth-order valence-corrected chi connectivity index (χ4v) is 4.18. The van der Waals surface area contributed by atoms with E-state index < -0.39 is 0 Å². The molecule has 2 saturated heterocycles. The lowest BCUT2D eigenvalue weighted by Crippen LogP contribution is -2.50. The predicted molar refractivity (Wildman–Crippen MR) is 107 cm³/mol. The molecule has 2 fully saturated rings. The van der Waals surface area contributed by atoms with Gasteiger partial charge in [0.1, 0.15) is 5.75 Å². The highest BCUT2D eigenvalue weighted by Crippen LogP contribution is 2.23. The number of carbonyl (C=O) groups excluding carboxylic acids is 2. The van der Waals surface area contributed by atoms with Gasteiger partial charge in [-0.1, -0.05) is 0 Å². The molecule has 4 unspecified atom stereocenters. The van der Waals surface area contributed by atoms with Crippen LogP contribution in [0.3, 0.4) is 0 Å². The number of benzene rings is 1. The lowest BCUT2D eigenvalue weighted by Gasteiger charge is -2.39. The molecular formula is C22H32N2O4. The molecule has 0 aromatic heterocycles. The summed E-state index contributed by atoms with van der Waals surface area (Å²) < 4.78 is 11.3. The van der Waals surface area contributed by atoms with Crippen molar-refractivity contribution in [2.75, 3.05) is 19.8 Å². The van der Waals surface area contributed by atoms with Crippen molar-refractivity contribution in [3.8, 4) is 5.75 Å². The highest BCUT2D eigenvalue weighted by Gasteiger charge is 2.30. The first-order valence-corrected chi connectivity index (χ1v) is 10.3. The van der Waals surface area contributed by atoms with Crippen molar-refractivity contribution >= 4 is 11.8 Å². The van der Waals surface area contributed by atoms with E-state index in [-0.39, 0.29) is 42.7 Å². The number of piperidine rings is 1. The van der Waals surface area contributed by atoms with E-state index in [0.717, 1.165) is 12.8 Å². The van der Waals surface area contributed by atoms with Crippen LogP contribution in [0.25, 0.3) is 0 Å². The molecule has 6 heteroatoms. The summed E-state index contributed by atoms with van der Waals surface area (Å²) in [5.41, 5.74) is 0.623. The number of nitrogens with zero attached hydrogens (tertiary/aromatic N) is 2. The Bertz CT molecular complexity index is 680. The van der Waals surface area contributed by atoms with Gasteiger partial charge in [0.15, 0.2) is 6.61 Å². The van der Waals surface area contributed by atoms with Crippen LogP contribution in [0.1, 0.15) is 57.3 Å². The third-order valence-corrected chi connectivity index (χ3v) is 5.81. The van der Waals surface area contributed by atoms with Crippen molar-refractivity contribution in [2.45, 2.75) is 71.2 Å². The second kappa shape index (κ2) is 8.95. The standard InChI is InChI=1S/C22H32N2O4/c1-15-6-5-7-16(2)24(15)21(25)14-28-20-10-8-19(9-11-20)22(26)23-12-18(4)27-13-17(23)3/h8-11,15-18H,5-7,12-14H2,1-4H3. The molecule has 2 heterocycles. The Morgan fingerprint density at radius 2 is 1.68 bits per heavy atom. The van der Waals surface area contributed by atoms with Crippen molar-refractivity contribution in [3.63, 3.8) is 0 Å². The topological polar surface area (TPSA) is 59.1 Å². The monoisotopic (exact) mass is 388 g/mol. The highest BCUT2D eigenvalue weighted by molar-refractivity contribution is 5.94. The minimum Gasteiger partial charge on any atom is -0.484 e. The van der Waals surface area contributed by atoms with Gasteiger partial charge in [-0.05, 0) is 71.2 Å². The fraction of sp³-hybridized carbons (Fsp3) is 0.636. The molecule has 0 aliphatic carbocycles. The fourth-order valence-electron chi connectivity index (χ4n) is 4.18. The van der Waals surface area contributed by atoms with Gasteiger partial charge >= 0.3 is 0 Å². The Balaban J connectivity index is 1.57. The number of amides is 2. The summed E-state index contributed by atoms with van der Waals surface area (Å²) in [4.78, 5) is 29.2. The van der Waals surface area contributed by atoms with Crippen LogP contribution < -0.4 is 4.74 Å². The van der Waals surface area contributed by atoms with Gasteiger partial charge in [0.2, 0.25) is 0 Å². The van der Waals surface area contributed by atoms with Crippen molar-refractivity contribution < 1.29 is 19.1 Å². The molecule has 154 valence electrons. The number of ether oxygens (including phenoxy) is 2. The normalized spacial score (nSPS) is 28.1. The maximum atomic E-state index is 12.8. The number of rotatable bonds is 4. The summed E-state index contributed by atoms with van der Waals surface area (Å²) in [5.74, 6) is 0.628. The molecular weight excluding hydrogens is 356 g/mol. The molecule has 28 heavy (non-hydrogen) atoms. The molecule has 3 rings (SSSR count). The van der Waals surface area contributed by atoms with E-state index in [1.807, 2.05) is 23.6 Å². The van der Waals surface area contributed by atoms with Crippen LogP contribution in [-0.2, 0) is 9.53 Å². The van der Waals surface area contributed by atoms with E-state index in [1.54, 1.807) is 24.3 Å². The summed E-state index contributed by atoms with van der Waals surface area (Å²) in [6, 6.07) is 7.64. The zero-order valence-corrected chi connectivity index (χ0v) is 17.4. The van der Waals surface area contributed by atoms with Gasteiger partial charge in [-0.2, -0.15) is 0 Å². The number of carbonyl (C=O) groups is 2. The molecule has 1 aromatic carbocycles. The van der Waals surface area contributed by atoms with E-state index in [2.05, 4.69) is 13.8 Å². The average Bonchev–Trinajstić information content (AvgIpc) is 2.68. The van der Waals surface area contributed by atoms with Crippen molar-refractivity contribution in [1.82, 2.24) is 9.80 Å². The van der Waals surface area contributed by atoms with Gasteiger partial charge in [0.05, 0.1) is 18.8 Å². The zero-order chi connectivity index (χ0) is 20.3. The first-order chi connectivity index (χ1) is 13.4. The smallest absolute Gasteiger partial charge is 0.260 e. The summed E-state index contributed by atoms with van der Waals surface area (Å²) in [6.45, 7) is 9.35. The molecule has 0 spiro atoms. The number of morpholine rings is 1. The van der Waals surface area contributed by atoms with Gasteiger partial charge in [0, 0.05) is 24.2 Å². The van der Waals surface area contributed by atoms with Gasteiger partial charge in [0.25, 0.3) is 11.8 Å². The van der Waals surface area contributed by atoms with Crippen LogP contribution in [0.15, 0.2) is 24.3 Å². The summed E-state index contributed by atoms with van der Waals surface area (Å²) in [6.07, 6.45) is 3.31. The van der Waals surface area contributed by atoms with Crippen molar-refractivity contribution in [2.24, 2.45) is 0 Å². The van der Waals surface area contributed by atoms with E-state index in [1.165, 1.54) is 6.42 Å². The third kappa shape index (κ3) is 4.66. The van der Waals surface area contributed by atoms with Crippen molar-refractivity contribution in [3.05, 3.63) is 29.8 Å². The third-order valence-electron chi connectivity index (χ3n) is 5.81. The molecule has 0 bridgehead atoms. The van der Waals surface area contributed by atoms with Gasteiger partial charge in [-0.3, -0.25) is 9.59 Å². The van der Waals surface area contributed by atoms with Crippen LogP contribution in [0.4, 0.5) is 0 Å². The van der Waals surface area contributed by atoms with Crippen LogP contribution in [0.2, 0.25) is 0 Å². The molecule has 2 aliphatic heterocycles. The van der Waals surface area contributed by atoms with Gasteiger partial charge in [-0.25, -0.2) is 0 Å². The second-order valence-electron chi connectivity index (χ2n) is 8.19. The lowest BCUT2D eigenvalue weighted by atomic mass is 9.97. The predicted octanol–water partition coefficient (Wildman–Crippen LogP) is 3.10. The number of hydrogen-bond donors (Lipinski definition) is 0. The quantitative estimate of drug-likeness (QED) is 0.795. The first kappa shape index (κ1) is 20.6. The van der Waals surface area contributed by atoms with E-state index >= 15 is 0 Å². The van der Waals surface area contributed by atoms with Gasteiger partial charge in [-0.15, -0.1) is 0 Å². The summed E-state index contributed by atoms with van der Waals surface area (Å²) in [5, 5.41) is 0. The van der Waals surface area contributed by atoms with Crippen LogP contribution in [0, 0.1) is 0 Å². The maximum absolute atomic E-state index is 12.8. The Kier molecular flexibility index (Phi) is 6.60. The molecule has 1 aromatic rings. The molecule has 6 nitrogen and oxygen atoms in total.